The maximum Gasteiger partial charge on any atom is 0.399 e. The van der Waals surface area contributed by atoms with Crippen LogP contribution in [0.1, 0.15) is 21.5 Å². The third kappa shape index (κ3) is 7.73. The van der Waals surface area contributed by atoms with Gasteiger partial charge in [-0.2, -0.15) is 0 Å². The minimum Gasteiger partial charge on any atom is -0.478 e. The number of halogens is 5. The van der Waals surface area contributed by atoms with E-state index in [1.54, 1.807) is 77.7 Å². The summed E-state index contributed by atoms with van der Waals surface area (Å²) in [7, 11) is -4.60. The molecule has 0 saturated carbocycles. The van der Waals surface area contributed by atoms with Gasteiger partial charge in [0.1, 0.15) is 17.1 Å². The lowest BCUT2D eigenvalue weighted by Gasteiger charge is -2.22. The number of para-hydroxylation sites is 1. The largest absolute Gasteiger partial charge is 0.478 e. The maximum atomic E-state index is 12.6. The topological polar surface area (TPSA) is 111 Å². The summed E-state index contributed by atoms with van der Waals surface area (Å²) in [5.74, 6) is -0.170. The Morgan fingerprint density at radius 3 is 2.47 bits per heavy atom. The van der Waals surface area contributed by atoms with Crippen molar-refractivity contribution in [1.82, 2.24) is 4.98 Å². The van der Waals surface area contributed by atoms with Gasteiger partial charge in [-0.3, -0.25) is 9.46 Å². The average molecular weight is 740 g/mol. The number of benzene rings is 4. The number of aromatic nitrogens is 1. The number of carboxylic acid groups (broad SMARTS) is 1. The number of oxazole rings is 1. The summed E-state index contributed by atoms with van der Waals surface area (Å²) in [6, 6.07) is 23.2. The van der Waals surface area contributed by atoms with Gasteiger partial charge in [-0.15, -0.1) is 9.46 Å². The van der Waals surface area contributed by atoms with E-state index in [1.807, 2.05) is 0 Å². The van der Waals surface area contributed by atoms with E-state index in [2.05, 4.69) is 30.4 Å². The molecule has 0 aliphatic carbocycles. The number of nitrogens with zero attached hydrogens (tertiary/aromatic N) is 2. The SMILES string of the molecule is O=C(O)c1ccccc1Oc1cccc(-c2cnc(N(Cc3ccc(CP(=O)(OF)OF)c(Br)c3)c3ccc(Cl)c(Cl)c3)o2)c1. The molecule has 0 unspecified atom stereocenters. The summed E-state index contributed by atoms with van der Waals surface area (Å²) < 4.78 is 56.1. The fourth-order valence-corrected chi connectivity index (χ4v) is 6.17. The molecule has 1 N–H and O–H groups in total. The second-order valence-corrected chi connectivity index (χ2v) is 12.9. The van der Waals surface area contributed by atoms with Crippen molar-refractivity contribution in [2.75, 3.05) is 4.90 Å². The Kier molecular flexibility index (Phi) is 10.2. The van der Waals surface area contributed by atoms with Gasteiger partial charge in [0.25, 0.3) is 0 Å². The summed E-state index contributed by atoms with van der Waals surface area (Å²) in [5.41, 5.74) is 2.18. The number of hydrogen-bond acceptors (Lipinski definition) is 8. The van der Waals surface area contributed by atoms with E-state index in [0.29, 0.717) is 42.8 Å². The van der Waals surface area contributed by atoms with Crippen LogP contribution in [0.25, 0.3) is 11.3 Å². The highest BCUT2D eigenvalue weighted by Gasteiger charge is 2.29. The van der Waals surface area contributed by atoms with Crippen LogP contribution in [0.15, 0.2) is 100 Å². The van der Waals surface area contributed by atoms with Gasteiger partial charge >= 0.3 is 19.6 Å². The quantitative estimate of drug-likeness (QED) is 0.125. The van der Waals surface area contributed by atoms with Gasteiger partial charge in [0, 0.05) is 15.7 Å². The third-order valence-corrected chi connectivity index (χ3v) is 9.06. The molecule has 0 fully saturated rings. The Morgan fingerprint density at radius 2 is 1.76 bits per heavy atom. The monoisotopic (exact) mass is 738 g/mol. The van der Waals surface area contributed by atoms with Crippen LogP contribution in [0, 0.1) is 0 Å². The molecule has 15 heteroatoms. The number of aromatic carboxylic acids is 1. The maximum absolute atomic E-state index is 12.6. The van der Waals surface area contributed by atoms with Gasteiger partial charge in [-0.25, -0.2) is 9.78 Å². The fourth-order valence-electron chi connectivity index (χ4n) is 4.29. The molecular weight excluding hydrogens is 720 g/mol. The summed E-state index contributed by atoms with van der Waals surface area (Å²) in [4.78, 5) is 17.8. The predicted octanol–water partition coefficient (Wildman–Crippen LogP) is 10.7. The van der Waals surface area contributed by atoms with Crippen molar-refractivity contribution < 1.29 is 42.1 Å². The van der Waals surface area contributed by atoms with Crippen LogP contribution in [-0.4, -0.2) is 16.1 Å². The van der Waals surface area contributed by atoms with Gasteiger partial charge in [-0.05, 0) is 68.7 Å². The molecule has 0 aliphatic heterocycles. The van der Waals surface area contributed by atoms with Crippen molar-refractivity contribution >= 4 is 64.4 Å². The molecule has 5 aromatic rings. The molecule has 1 heterocycles. The Morgan fingerprint density at radius 1 is 0.978 bits per heavy atom. The van der Waals surface area contributed by atoms with E-state index in [0.717, 1.165) is 0 Å². The van der Waals surface area contributed by atoms with Crippen molar-refractivity contribution in [3.05, 3.63) is 122 Å². The van der Waals surface area contributed by atoms with Gasteiger partial charge in [0.15, 0.2) is 5.76 Å². The van der Waals surface area contributed by atoms with E-state index in [9.17, 15) is 23.5 Å². The Labute approximate surface area is 273 Å². The number of hydrogen-bond donors (Lipinski definition) is 1. The molecule has 0 aliphatic rings. The van der Waals surface area contributed by atoms with E-state index < -0.39 is 19.7 Å². The lowest BCUT2D eigenvalue weighted by Crippen LogP contribution is -2.17. The zero-order valence-corrected chi connectivity index (χ0v) is 26.7. The first-order chi connectivity index (χ1) is 21.6. The normalized spacial score (nSPS) is 11.4. The Hall–Kier alpha value is -3.77. The summed E-state index contributed by atoms with van der Waals surface area (Å²) in [6.07, 6.45) is 0.875. The minimum atomic E-state index is -4.60. The highest BCUT2D eigenvalue weighted by Crippen LogP contribution is 2.53. The first-order valence-electron chi connectivity index (χ1n) is 12.8. The molecule has 1 aromatic heterocycles. The highest BCUT2D eigenvalue weighted by molar-refractivity contribution is 9.10. The molecule has 45 heavy (non-hydrogen) atoms. The number of rotatable bonds is 12. The molecule has 9 nitrogen and oxygen atoms in total. The van der Waals surface area contributed by atoms with Crippen molar-refractivity contribution in [3.63, 3.8) is 0 Å². The Balaban J connectivity index is 1.45. The summed E-state index contributed by atoms with van der Waals surface area (Å²) in [6.45, 7) is 0.183. The second-order valence-electron chi connectivity index (χ2n) is 9.46. The zero-order valence-electron chi connectivity index (χ0n) is 22.7. The van der Waals surface area contributed by atoms with Crippen LogP contribution in [0.5, 0.6) is 11.5 Å². The van der Waals surface area contributed by atoms with Crippen LogP contribution in [-0.2, 0) is 26.7 Å². The number of carboxylic acids is 1. The number of anilines is 2. The zero-order chi connectivity index (χ0) is 32.1. The molecule has 0 saturated heterocycles. The molecular formula is C30H20BrCl2F2N2O7P. The smallest absolute Gasteiger partial charge is 0.399 e. The third-order valence-electron chi connectivity index (χ3n) is 6.44. The van der Waals surface area contributed by atoms with Gasteiger partial charge in [0.05, 0.1) is 28.9 Å². The van der Waals surface area contributed by atoms with Crippen LogP contribution < -0.4 is 9.64 Å². The molecule has 232 valence electrons. The lowest BCUT2D eigenvalue weighted by atomic mass is 10.1. The predicted molar refractivity (Wildman–Crippen MR) is 168 cm³/mol. The van der Waals surface area contributed by atoms with E-state index >= 15 is 0 Å². The van der Waals surface area contributed by atoms with Crippen molar-refractivity contribution in [3.8, 4) is 22.8 Å². The molecule has 5 rings (SSSR count). The van der Waals surface area contributed by atoms with Crippen molar-refractivity contribution in [1.29, 1.82) is 0 Å². The summed E-state index contributed by atoms with van der Waals surface area (Å²) >= 11 is 15.8. The van der Waals surface area contributed by atoms with Gasteiger partial charge < -0.3 is 14.3 Å². The molecule has 4 aromatic carbocycles. The van der Waals surface area contributed by atoms with E-state index in [4.69, 9.17) is 32.4 Å². The lowest BCUT2D eigenvalue weighted by molar-refractivity contribution is -0.0881. The van der Waals surface area contributed by atoms with Crippen LogP contribution >= 0.6 is 46.7 Å². The standard InChI is InChI=1S/C30H20BrCl2F2N2O7P/c31-24-12-18(8-9-20(24)17-45(40,43-34)44-35)16-37(21-10-11-25(32)26(33)14-21)30-36-15-28(42-30)19-4-3-5-22(13-19)41-27-7-2-1-6-23(27)29(38)39/h1-15H,16-17H2,(H,38,39). The van der Waals surface area contributed by atoms with Crippen LogP contribution in [0.3, 0.4) is 0 Å². The fraction of sp³-hybridized carbons (Fsp3) is 0.0667. The molecule has 0 spiro atoms. The molecule has 0 atom stereocenters. The number of ether oxygens (including phenoxy) is 1. The summed E-state index contributed by atoms with van der Waals surface area (Å²) in [5, 5.41) is 10.1. The first kappa shape index (κ1) is 32.6. The van der Waals surface area contributed by atoms with Crippen molar-refractivity contribution in [2.24, 2.45) is 0 Å². The molecule has 0 radical (unpaired) electrons. The average Bonchev–Trinajstić information content (AvgIpc) is 3.53. The second kappa shape index (κ2) is 14.1. The van der Waals surface area contributed by atoms with Gasteiger partial charge in [-0.1, -0.05) is 75.5 Å². The van der Waals surface area contributed by atoms with E-state index in [-0.39, 0.29) is 29.4 Å². The Bertz CT molecular complexity index is 1900. The van der Waals surface area contributed by atoms with Crippen LogP contribution in [0.2, 0.25) is 10.0 Å². The van der Waals surface area contributed by atoms with Crippen LogP contribution in [0.4, 0.5) is 20.8 Å². The molecule has 0 bridgehead atoms. The number of carbonyl (C=O) groups is 1. The molecule has 0 amide bonds. The van der Waals surface area contributed by atoms with Crippen molar-refractivity contribution in [2.45, 2.75) is 12.7 Å². The minimum absolute atomic E-state index is 0.0160. The highest BCUT2D eigenvalue weighted by atomic mass is 79.9. The van der Waals surface area contributed by atoms with E-state index in [1.165, 1.54) is 18.3 Å². The first-order valence-corrected chi connectivity index (χ1v) is 16.1. The van der Waals surface area contributed by atoms with Gasteiger partial charge in [0.2, 0.25) is 0 Å².